The summed E-state index contributed by atoms with van der Waals surface area (Å²) >= 11 is 0. The van der Waals surface area contributed by atoms with Crippen LogP contribution < -0.4 is 0 Å². The molecule has 21 heavy (non-hydrogen) atoms. The fourth-order valence-corrected chi connectivity index (χ4v) is 1.36. The lowest BCUT2D eigenvalue weighted by molar-refractivity contribution is -0.249. The Morgan fingerprint density at radius 3 is 1.95 bits per heavy atom. The number of alkyl halides is 4. The molecule has 1 aliphatic heterocycles. The summed E-state index contributed by atoms with van der Waals surface area (Å²) in [6.07, 6.45) is 0.500. The lowest BCUT2D eigenvalue weighted by Crippen LogP contribution is -2.45. The molecular weight excluding hydrogens is 296 g/mol. The van der Waals surface area contributed by atoms with Gasteiger partial charge in [-0.25, -0.2) is 0 Å². The van der Waals surface area contributed by atoms with E-state index in [-0.39, 0.29) is 0 Å². The van der Waals surface area contributed by atoms with E-state index < -0.39 is 48.8 Å². The largest absolute Gasteiger partial charge is 0.460 e. The summed E-state index contributed by atoms with van der Waals surface area (Å²) in [4.78, 5) is 11.8. The zero-order chi connectivity index (χ0) is 16.5. The van der Waals surface area contributed by atoms with Crippen molar-refractivity contribution in [1.29, 1.82) is 0 Å². The number of carbonyl (C=O) groups excluding carboxylic acids is 1. The van der Waals surface area contributed by atoms with Gasteiger partial charge in [0.1, 0.15) is 19.8 Å². The number of rotatable bonds is 4. The lowest BCUT2D eigenvalue weighted by atomic mass is 9.91. The van der Waals surface area contributed by atoms with E-state index in [0.717, 1.165) is 0 Å². The van der Waals surface area contributed by atoms with Gasteiger partial charge in [-0.05, 0) is 27.2 Å². The Labute approximate surface area is 120 Å². The second kappa shape index (κ2) is 5.72. The first-order chi connectivity index (χ1) is 9.35. The Balaban J connectivity index is 2.70. The van der Waals surface area contributed by atoms with Gasteiger partial charge in [0.15, 0.2) is 0 Å². The van der Waals surface area contributed by atoms with Crippen molar-refractivity contribution in [2.24, 2.45) is 5.41 Å². The third-order valence-corrected chi connectivity index (χ3v) is 3.55. The molecule has 0 bridgehead atoms. The minimum absolute atomic E-state index is 0.500. The average Bonchev–Trinajstić information content (AvgIpc) is 2.47. The van der Waals surface area contributed by atoms with E-state index in [1.807, 2.05) is 0 Å². The number of hydrogen-bond donors (Lipinski definition) is 0. The van der Waals surface area contributed by atoms with Crippen molar-refractivity contribution in [1.82, 2.24) is 0 Å². The molecular formula is C13H20F4O4. The first-order valence-electron chi connectivity index (χ1n) is 6.56. The van der Waals surface area contributed by atoms with Crippen LogP contribution in [0.15, 0.2) is 0 Å². The Kier molecular flexibility index (Phi) is 4.94. The highest BCUT2D eigenvalue weighted by Gasteiger charge is 2.60. The van der Waals surface area contributed by atoms with Gasteiger partial charge in [0.05, 0.1) is 5.41 Å². The van der Waals surface area contributed by atoms with Gasteiger partial charge in [0, 0.05) is 0 Å². The molecule has 1 rings (SSSR count). The first kappa shape index (κ1) is 18.2. The standard InChI is InChI=1S/C13H20F4O4/c1-5-10(2,3)9(18)19-6-11(4)20-7-12(14,15)13(16,17)8-21-11/h5-8H2,1-4H3. The van der Waals surface area contributed by atoms with Gasteiger partial charge in [0.2, 0.25) is 5.79 Å². The van der Waals surface area contributed by atoms with Gasteiger partial charge in [-0.3, -0.25) is 4.79 Å². The molecule has 0 aromatic rings. The molecule has 1 fully saturated rings. The van der Waals surface area contributed by atoms with Gasteiger partial charge < -0.3 is 14.2 Å². The highest BCUT2D eigenvalue weighted by molar-refractivity contribution is 5.75. The topological polar surface area (TPSA) is 44.8 Å². The van der Waals surface area contributed by atoms with E-state index in [2.05, 4.69) is 0 Å². The molecule has 4 nitrogen and oxygen atoms in total. The molecule has 0 saturated carbocycles. The van der Waals surface area contributed by atoms with Crippen LogP contribution in [0, 0.1) is 5.41 Å². The van der Waals surface area contributed by atoms with Crippen LogP contribution in [-0.2, 0) is 19.0 Å². The molecule has 0 atom stereocenters. The number of ether oxygens (including phenoxy) is 3. The van der Waals surface area contributed by atoms with Crippen molar-refractivity contribution in [2.75, 3.05) is 19.8 Å². The fourth-order valence-electron chi connectivity index (χ4n) is 1.36. The van der Waals surface area contributed by atoms with E-state index in [1.165, 1.54) is 6.92 Å². The Morgan fingerprint density at radius 1 is 1.14 bits per heavy atom. The summed E-state index contributed by atoms with van der Waals surface area (Å²) in [5.74, 6) is -11.1. The molecule has 1 aliphatic rings. The van der Waals surface area contributed by atoms with Crippen molar-refractivity contribution < 1.29 is 36.6 Å². The van der Waals surface area contributed by atoms with Crippen LogP contribution in [-0.4, -0.2) is 43.4 Å². The SMILES string of the molecule is CCC(C)(C)C(=O)OCC1(C)OCC(F)(F)C(F)(F)CO1. The van der Waals surface area contributed by atoms with Crippen molar-refractivity contribution in [3.8, 4) is 0 Å². The average molecular weight is 316 g/mol. The zero-order valence-corrected chi connectivity index (χ0v) is 12.5. The molecule has 0 aliphatic carbocycles. The monoisotopic (exact) mass is 316 g/mol. The van der Waals surface area contributed by atoms with E-state index in [4.69, 9.17) is 14.2 Å². The van der Waals surface area contributed by atoms with Gasteiger partial charge in [-0.2, -0.15) is 17.6 Å². The summed E-state index contributed by atoms with van der Waals surface area (Å²) in [5, 5.41) is 0. The maximum Gasteiger partial charge on any atom is 0.335 e. The van der Waals surface area contributed by atoms with Crippen LogP contribution in [0.5, 0.6) is 0 Å². The summed E-state index contributed by atoms with van der Waals surface area (Å²) in [6, 6.07) is 0. The molecule has 1 heterocycles. The van der Waals surface area contributed by atoms with Gasteiger partial charge >= 0.3 is 17.8 Å². The van der Waals surface area contributed by atoms with Crippen LogP contribution >= 0.6 is 0 Å². The smallest absolute Gasteiger partial charge is 0.335 e. The Bertz CT molecular complexity index is 378. The van der Waals surface area contributed by atoms with E-state index in [9.17, 15) is 22.4 Å². The molecule has 8 heteroatoms. The zero-order valence-electron chi connectivity index (χ0n) is 12.5. The second-order valence-corrected chi connectivity index (χ2v) is 5.93. The lowest BCUT2D eigenvalue weighted by Gasteiger charge is -2.29. The predicted molar refractivity (Wildman–Crippen MR) is 65.2 cm³/mol. The van der Waals surface area contributed by atoms with Gasteiger partial charge in [-0.1, -0.05) is 6.92 Å². The van der Waals surface area contributed by atoms with Crippen molar-refractivity contribution >= 4 is 5.97 Å². The maximum atomic E-state index is 13.2. The second-order valence-electron chi connectivity index (χ2n) is 5.93. The molecule has 124 valence electrons. The molecule has 0 amide bonds. The van der Waals surface area contributed by atoms with E-state index >= 15 is 0 Å². The molecule has 0 N–H and O–H groups in total. The van der Waals surface area contributed by atoms with Crippen LogP contribution in [0.1, 0.15) is 34.1 Å². The van der Waals surface area contributed by atoms with E-state index in [1.54, 1.807) is 20.8 Å². The third-order valence-electron chi connectivity index (χ3n) is 3.55. The Morgan fingerprint density at radius 2 is 1.57 bits per heavy atom. The molecule has 0 aromatic heterocycles. The summed E-state index contributed by atoms with van der Waals surface area (Å²) in [6.45, 7) is 2.70. The fraction of sp³-hybridized carbons (Fsp3) is 0.923. The third kappa shape index (κ3) is 4.06. The Hall–Kier alpha value is -0.890. The van der Waals surface area contributed by atoms with Crippen molar-refractivity contribution in [3.05, 3.63) is 0 Å². The molecule has 0 spiro atoms. The van der Waals surface area contributed by atoms with Crippen LogP contribution in [0.3, 0.4) is 0 Å². The van der Waals surface area contributed by atoms with Crippen LogP contribution in [0.2, 0.25) is 0 Å². The molecule has 0 unspecified atom stereocenters. The van der Waals surface area contributed by atoms with E-state index in [0.29, 0.717) is 6.42 Å². The summed E-state index contributed by atoms with van der Waals surface area (Å²) in [5.41, 5.74) is -0.769. The summed E-state index contributed by atoms with van der Waals surface area (Å²) < 4.78 is 67.0. The number of hydrogen-bond acceptors (Lipinski definition) is 4. The van der Waals surface area contributed by atoms with Gasteiger partial charge in [0.25, 0.3) is 0 Å². The van der Waals surface area contributed by atoms with Crippen molar-refractivity contribution in [3.63, 3.8) is 0 Å². The number of esters is 1. The van der Waals surface area contributed by atoms with Crippen molar-refractivity contribution in [2.45, 2.75) is 51.7 Å². The quantitative estimate of drug-likeness (QED) is 0.591. The van der Waals surface area contributed by atoms with Gasteiger partial charge in [-0.15, -0.1) is 0 Å². The number of carbonyl (C=O) groups is 1. The maximum absolute atomic E-state index is 13.2. The first-order valence-corrected chi connectivity index (χ1v) is 6.56. The molecule has 1 saturated heterocycles. The summed E-state index contributed by atoms with van der Waals surface area (Å²) in [7, 11) is 0. The normalized spacial score (nSPS) is 24.2. The molecule has 0 radical (unpaired) electrons. The molecule has 0 aromatic carbocycles. The predicted octanol–water partition coefficient (Wildman–Crippen LogP) is 3.00. The van der Waals surface area contributed by atoms with Crippen LogP contribution in [0.4, 0.5) is 17.6 Å². The number of halogens is 4. The highest BCUT2D eigenvalue weighted by atomic mass is 19.3. The minimum atomic E-state index is -4.34. The highest BCUT2D eigenvalue weighted by Crippen LogP contribution is 2.39. The minimum Gasteiger partial charge on any atom is -0.460 e. The van der Waals surface area contributed by atoms with Crippen LogP contribution in [0.25, 0.3) is 0 Å².